The number of fused-ring (bicyclic) bond motifs is 1. The molecule has 1 aromatic rings. The summed E-state index contributed by atoms with van der Waals surface area (Å²) in [5.74, 6) is 1.38. The van der Waals surface area contributed by atoms with Gasteiger partial charge in [0, 0.05) is 20.1 Å². The van der Waals surface area contributed by atoms with Gasteiger partial charge < -0.3 is 10.1 Å². The van der Waals surface area contributed by atoms with Gasteiger partial charge in [-0.1, -0.05) is 13.8 Å². The molecule has 1 aliphatic heterocycles. The summed E-state index contributed by atoms with van der Waals surface area (Å²) in [6.07, 6.45) is 1.84. The van der Waals surface area contributed by atoms with Crippen LogP contribution in [-0.4, -0.2) is 30.2 Å². The van der Waals surface area contributed by atoms with Crippen molar-refractivity contribution in [2.24, 2.45) is 0 Å². The van der Waals surface area contributed by atoms with E-state index in [4.69, 9.17) is 9.72 Å². The third-order valence-electron chi connectivity index (χ3n) is 3.09. The van der Waals surface area contributed by atoms with E-state index in [-0.39, 0.29) is 0 Å². The molecule has 4 heteroatoms. The van der Waals surface area contributed by atoms with Gasteiger partial charge >= 0.3 is 0 Å². The minimum Gasteiger partial charge on any atom is -0.384 e. The van der Waals surface area contributed by atoms with Crippen LogP contribution in [0, 0.1) is 0 Å². The third-order valence-corrected chi connectivity index (χ3v) is 3.09. The lowest BCUT2D eigenvalue weighted by atomic mass is 9.97. The fourth-order valence-electron chi connectivity index (χ4n) is 2.22. The van der Waals surface area contributed by atoms with Crippen LogP contribution in [0.25, 0.3) is 0 Å². The van der Waals surface area contributed by atoms with Crippen LogP contribution in [0.5, 0.6) is 0 Å². The van der Waals surface area contributed by atoms with Crippen molar-refractivity contribution >= 4 is 0 Å². The fourth-order valence-corrected chi connectivity index (χ4v) is 2.22. The summed E-state index contributed by atoms with van der Waals surface area (Å²) in [7, 11) is 1.71. The number of ether oxygens (including phenoxy) is 1. The number of aromatic nitrogens is 2. The fraction of sp³-hybridized carbons (Fsp3) is 0.692. The first-order valence-corrected chi connectivity index (χ1v) is 6.30. The summed E-state index contributed by atoms with van der Waals surface area (Å²) in [6, 6.07) is 0. The van der Waals surface area contributed by atoms with Gasteiger partial charge in [-0.15, -0.1) is 0 Å². The van der Waals surface area contributed by atoms with Crippen molar-refractivity contribution in [2.45, 2.75) is 39.2 Å². The van der Waals surface area contributed by atoms with Crippen molar-refractivity contribution in [2.75, 3.05) is 20.3 Å². The average molecular weight is 235 g/mol. The molecular weight excluding hydrogens is 214 g/mol. The van der Waals surface area contributed by atoms with Crippen LogP contribution in [0.2, 0.25) is 0 Å². The summed E-state index contributed by atoms with van der Waals surface area (Å²) < 4.78 is 5.09. The van der Waals surface area contributed by atoms with Gasteiger partial charge in [0.05, 0.1) is 18.0 Å². The molecule has 0 amide bonds. The number of nitrogens with one attached hydrogen (secondary N) is 1. The maximum absolute atomic E-state index is 5.09. The Hall–Kier alpha value is -1.00. The topological polar surface area (TPSA) is 47.0 Å². The van der Waals surface area contributed by atoms with Crippen LogP contribution in [0.1, 0.15) is 42.5 Å². The van der Waals surface area contributed by atoms with E-state index in [9.17, 15) is 0 Å². The van der Waals surface area contributed by atoms with Gasteiger partial charge in [-0.2, -0.15) is 0 Å². The number of rotatable bonds is 4. The van der Waals surface area contributed by atoms with E-state index < -0.39 is 0 Å². The summed E-state index contributed by atoms with van der Waals surface area (Å²) in [6.45, 7) is 6.99. The predicted octanol–water partition coefficient (Wildman–Crippen LogP) is 1.43. The number of nitrogens with zero attached hydrogens (tertiary/aromatic N) is 2. The van der Waals surface area contributed by atoms with E-state index in [1.54, 1.807) is 7.11 Å². The molecule has 0 aliphatic carbocycles. The first-order chi connectivity index (χ1) is 8.22. The molecule has 94 valence electrons. The van der Waals surface area contributed by atoms with Crippen LogP contribution in [0.15, 0.2) is 0 Å². The first kappa shape index (κ1) is 12.5. The highest BCUT2D eigenvalue weighted by molar-refractivity contribution is 5.30. The predicted molar refractivity (Wildman–Crippen MR) is 67.1 cm³/mol. The van der Waals surface area contributed by atoms with Gasteiger partial charge in [-0.05, 0) is 24.4 Å². The number of methoxy groups -OCH3 is 1. The van der Waals surface area contributed by atoms with E-state index in [0.29, 0.717) is 12.5 Å². The molecule has 2 rings (SSSR count). The van der Waals surface area contributed by atoms with E-state index in [1.807, 2.05) is 0 Å². The Morgan fingerprint density at radius 1 is 1.35 bits per heavy atom. The first-order valence-electron chi connectivity index (χ1n) is 6.30. The third kappa shape index (κ3) is 2.82. The highest BCUT2D eigenvalue weighted by Gasteiger charge is 2.18. The quantitative estimate of drug-likeness (QED) is 0.857. The lowest BCUT2D eigenvalue weighted by Crippen LogP contribution is -2.27. The molecule has 0 spiro atoms. The highest BCUT2D eigenvalue weighted by Crippen LogP contribution is 2.22. The minimum atomic E-state index is 0.464. The molecule has 0 aromatic carbocycles. The normalized spacial score (nSPS) is 15.1. The second-order valence-corrected chi connectivity index (χ2v) is 4.77. The van der Waals surface area contributed by atoms with Crippen LogP contribution >= 0.6 is 0 Å². The van der Waals surface area contributed by atoms with Crippen molar-refractivity contribution in [3.63, 3.8) is 0 Å². The molecule has 0 saturated heterocycles. The van der Waals surface area contributed by atoms with Crippen molar-refractivity contribution in [1.29, 1.82) is 0 Å². The van der Waals surface area contributed by atoms with Gasteiger partial charge in [0.15, 0.2) is 0 Å². The summed E-state index contributed by atoms with van der Waals surface area (Å²) in [4.78, 5) is 9.34. The molecule has 1 N–H and O–H groups in total. The second kappa shape index (κ2) is 5.56. The Morgan fingerprint density at radius 3 is 2.88 bits per heavy atom. The van der Waals surface area contributed by atoms with Crippen molar-refractivity contribution < 1.29 is 4.74 Å². The van der Waals surface area contributed by atoms with Crippen molar-refractivity contribution in [3.8, 4) is 0 Å². The molecule has 4 nitrogen and oxygen atoms in total. The maximum atomic E-state index is 5.09. The van der Waals surface area contributed by atoms with Crippen molar-refractivity contribution in [1.82, 2.24) is 15.3 Å². The molecule has 0 bridgehead atoms. The summed E-state index contributed by atoms with van der Waals surface area (Å²) in [5.41, 5.74) is 3.77. The summed E-state index contributed by atoms with van der Waals surface area (Å²) >= 11 is 0. The molecule has 1 aromatic heterocycles. The Bertz CT molecular complexity index is 390. The van der Waals surface area contributed by atoms with E-state index >= 15 is 0 Å². The molecule has 0 atom stereocenters. The molecule has 2 heterocycles. The molecule has 0 radical (unpaired) electrons. The molecule has 0 unspecified atom stereocenters. The Morgan fingerprint density at radius 2 is 2.18 bits per heavy atom. The Kier molecular flexibility index (Phi) is 4.07. The van der Waals surface area contributed by atoms with Gasteiger partial charge in [-0.3, -0.25) is 0 Å². The molecule has 0 fully saturated rings. The average Bonchev–Trinajstić information content (AvgIpc) is 2.35. The maximum Gasteiger partial charge on any atom is 0.131 e. The molecular formula is C13H21N3O. The monoisotopic (exact) mass is 235 g/mol. The van der Waals surface area contributed by atoms with Gasteiger partial charge in [-0.25, -0.2) is 9.97 Å². The van der Waals surface area contributed by atoms with Gasteiger partial charge in [0.1, 0.15) is 5.82 Å². The SMILES string of the molecule is COCCc1nc2c(c(C(C)C)n1)CCNC2. The molecule has 0 saturated carbocycles. The second-order valence-electron chi connectivity index (χ2n) is 4.77. The Labute approximate surface area is 103 Å². The molecule has 17 heavy (non-hydrogen) atoms. The number of hydrogen-bond donors (Lipinski definition) is 1. The van der Waals surface area contributed by atoms with Crippen molar-refractivity contribution in [3.05, 3.63) is 22.8 Å². The largest absolute Gasteiger partial charge is 0.384 e. The standard InChI is InChI=1S/C13H21N3O/c1-9(2)13-10-4-6-14-8-11(10)15-12(16-13)5-7-17-3/h9,14H,4-8H2,1-3H3. The van der Waals surface area contributed by atoms with Crippen LogP contribution in [0.4, 0.5) is 0 Å². The minimum absolute atomic E-state index is 0.464. The lowest BCUT2D eigenvalue weighted by Gasteiger charge is -2.21. The van der Waals surface area contributed by atoms with Crippen LogP contribution in [0.3, 0.4) is 0 Å². The summed E-state index contributed by atoms with van der Waals surface area (Å²) in [5, 5.41) is 3.37. The van der Waals surface area contributed by atoms with Gasteiger partial charge in [0.2, 0.25) is 0 Å². The molecule has 1 aliphatic rings. The van der Waals surface area contributed by atoms with E-state index in [0.717, 1.165) is 31.8 Å². The van der Waals surface area contributed by atoms with Crippen LogP contribution in [-0.2, 0) is 24.1 Å². The Balaban J connectivity index is 2.34. The van der Waals surface area contributed by atoms with E-state index in [1.165, 1.54) is 17.0 Å². The smallest absolute Gasteiger partial charge is 0.131 e. The zero-order chi connectivity index (χ0) is 12.3. The van der Waals surface area contributed by atoms with E-state index in [2.05, 4.69) is 24.1 Å². The highest BCUT2D eigenvalue weighted by atomic mass is 16.5. The number of hydrogen-bond acceptors (Lipinski definition) is 4. The lowest BCUT2D eigenvalue weighted by molar-refractivity contribution is 0.200. The zero-order valence-corrected chi connectivity index (χ0v) is 10.9. The van der Waals surface area contributed by atoms with Crippen LogP contribution < -0.4 is 5.32 Å². The van der Waals surface area contributed by atoms with Gasteiger partial charge in [0.25, 0.3) is 0 Å². The zero-order valence-electron chi connectivity index (χ0n) is 10.9.